The summed E-state index contributed by atoms with van der Waals surface area (Å²) < 4.78 is 5.41. The van der Waals surface area contributed by atoms with Crippen LogP contribution < -0.4 is 15.0 Å². The first-order chi connectivity index (χ1) is 12.7. The second-order valence-corrected chi connectivity index (χ2v) is 6.70. The van der Waals surface area contributed by atoms with Crippen molar-refractivity contribution >= 4 is 23.2 Å². The number of aryl methyl sites for hydroxylation is 2. The third-order valence-electron chi connectivity index (χ3n) is 4.96. The van der Waals surface area contributed by atoms with E-state index in [2.05, 4.69) is 5.32 Å². The van der Waals surface area contributed by atoms with E-state index < -0.39 is 0 Å². The van der Waals surface area contributed by atoms with Crippen LogP contribution >= 0.6 is 0 Å². The Morgan fingerprint density at radius 3 is 2.58 bits per heavy atom. The lowest BCUT2D eigenvalue weighted by atomic mass is 9.91. The summed E-state index contributed by atoms with van der Waals surface area (Å²) in [4.78, 5) is 26.6. The van der Waals surface area contributed by atoms with Gasteiger partial charge in [-0.1, -0.05) is 0 Å². The van der Waals surface area contributed by atoms with Crippen LogP contribution in [0.1, 0.15) is 41.3 Å². The minimum absolute atomic E-state index is 0.139. The van der Waals surface area contributed by atoms with Crippen molar-refractivity contribution in [2.24, 2.45) is 0 Å². The highest BCUT2D eigenvalue weighted by Crippen LogP contribution is 2.37. The molecular weight excluding hydrogens is 328 g/mol. The van der Waals surface area contributed by atoms with Crippen LogP contribution in [-0.2, 0) is 17.6 Å². The molecule has 0 aliphatic carbocycles. The number of nitrogens with zero attached hydrogens (tertiary/aromatic N) is 1. The number of amides is 2. The van der Waals surface area contributed by atoms with Gasteiger partial charge in [0.05, 0.1) is 12.3 Å². The van der Waals surface area contributed by atoms with Gasteiger partial charge in [-0.3, -0.25) is 9.59 Å². The Labute approximate surface area is 153 Å². The highest BCUT2D eigenvalue weighted by Gasteiger charge is 2.29. The number of hydrogen-bond donors (Lipinski definition) is 1. The summed E-state index contributed by atoms with van der Waals surface area (Å²) >= 11 is 0. The fourth-order valence-electron chi connectivity index (χ4n) is 3.80. The van der Waals surface area contributed by atoms with E-state index in [1.165, 1.54) is 0 Å². The molecule has 0 unspecified atom stereocenters. The topological polar surface area (TPSA) is 58.6 Å². The largest absolute Gasteiger partial charge is 0.494 e. The van der Waals surface area contributed by atoms with Gasteiger partial charge in [-0.25, -0.2) is 0 Å². The monoisotopic (exact) mass is 350 g/mol. The lowest BCUT2D eigenvalue weighted by Gasteiger charge is -2.35. The number of carbonyl (C=O) groups excluding carboxylic acids is 2. The van der Waals surface area contributed by atoms with Crippen molar-refractivity contribution < 1.29 is 14.3 Å². The fraction of sp³-hybridized carbons (Fsp3) is 0.333. The zero-order valence-electron chi connectivity index (χ0n) is 14.9. The number of rotatable bonds is 4. The van der Waals surface area contributed by atoms with Crippen LogP contribution in [0, 0.1) is 0 Å². The SMILES string of the molecule is CCOc1ccc(C(=O)Nc2cc3c4c(c2)CCC(=O)N4CCC3)cc1. The third kappa shape index (κ3) is 3.05. The summed E-state index contributed by atoms with van der Waals surface area (Å²) in [5, 5.41) is 3.00. The van der Waals surface area contributed by atoms with E-state index in [1.807, 2.05) is 24.0 Å². The molecule has 2 aromatic carbocycles. The first kappa shape index (κ1) is 16.6. The molecule has 4 rings (SSSR count). The van der Waals surface area contributed by atoms with E-state index in [9.17, 15) is 9.59 Å². The molecule has 0 bridgehead atoms. The lowest BCUT2D eigenvalue weighted by Crippen LogP contribution is -2.39. The summed E-state index contributed by atoms with van der Waals surface area (Å²) in [5.41, 5.74) is 4.78. The quantitative estimate of drug-likeness (QED) is 0.917. The summed E-state index contributed by atoms with van der Waals surface area (Å²) in [6.45, 7) is 3.33. The summed E-state index contributed by atoms with van der Waals surface area (Å²) in [6.07, 6.45) is 3.19. The van der Waals surface area contributed by atoms with Crippen molar-refractivity contribution in [3.8, 4) is 5.75 Å². The van der Waals surface area contributed by atoms with Gasteiger partial charge in [0.15, 0.2) is 0 Å². The molecule has 134 valence electrons. The molecule has 0 fully saturated rings. The van der Waals surface area contributed by atoms with Gasteiger partial charge in [0.1, 0.15) is 5.75 Å². The predicted molar refractivity (Wildman–Crippen MR) is 101 cm³/mol. The van der Waals surface area contributed by atoms with E-state index >= 15 is 0 Å². The van der Waals surface area contributed by atoms with Crippen LogP contribution in [-0.4, -0.2) is 25.0 Å². The Hall–Kier alpha value is -2.82. The maximum atomic E-state index is 12.6. The van der Waals surface area contributed by atoms with Crippen molar-refractivity contribution in [3.63, 3.8) is 0 Å². The lowest BCUT2D eigenvalue weighted by molar-refractivity contribution is -0.119. The number of carbonyl (C=O) groups is 2. The molecule has 26 heavy (non-hydrogen) atoms. The van der Waals surface area contributed by atoms with Gasteiger partial charge in [0, 0.05) is 24.2 Å². The van der Waals surface area contributed by atoms with E-state index in [0.29, 0.717) is 18.6 Å². The van der Waals surface area contributed by atoms with Crippen molar-refractivity contribution in [1.29, 1.82) is 0 Å². The van der Waals surface area contributed by atoms with Crippen LogP contribution in [0.25, 0.3) is 0 Å². The molecule has 0 spiro atoms. The molecule has 0 saturated carbocycles. The predicted octanol–water partition coefficient (Wildman–Crippen LogP) is 3.56. The Balaban J connectivity index is 1.57. The van der Waals surface area contributed by atoms with Gasteiger partial charge in [-0.15, -0.1) is 0 Å². The van der Waals surface area contributed by atoms with Gasteiger partial charge in [-0.05, 0) is 73.7 Å². The molecule has 2 aliphatic rings. The standard InChI is InChI=1S/C21H22N2O3/c1-2-26-18-8-5-14(6-9-18)21(25)22-17-12-15-4-3-11-23-19(24)10-7-16(13-17)20(15)23/h5-6,8-9,12-13H,2-4,7,10-11H2,1H3,(H,22,25). The maximum Gasteiger partial charge on any atom is 0.255 e. The average Bonchev–Trinajstić information content (AvgIpc) is 2.65. The second-order valence-electron chi connectivity index (χ2n) is 6.70. The molecule has 2 aliphatic heterocycles. The zero-order chi connectivity index (χ0) is 18.1. The van der Waals surface area contributed by atoms with Crippen LogP contribution in [0.2, 0.25) is 0 Å². The van der Waals surface area contributed by atoms with E-state index in [-0.39, 0.29) is 11.8 Å². The van der Waals surface area contributed by atoms with E-state index in [0.717, 1.165) is 54.1 Å². The number of hydrogen-bond acceptors (Lipinski definition) is 3. The highest BCUT2D eigenvalue weighted by atomic mass is 16.5. The number of ether oxygens (including phenoxy) is 1. The summed E-state index contributed by atoms with van der Waals surface area (Å²) in [7, 11) is 0. The fourth-order valence-corrected chi connectivity index (χ4v) is 3.80. The van der Waals surface area contributed by atoms with Gasteiger partial charge in [-0.2, -0.15) is 0 Å². The van der Waals surface area contributed by atoms with Gasteiger partial charge >= 0.3 is 0 Å². The zero-order valence-corrected chi connectivity index (χ0v) is 14.9. The molecule has 0 radical (unpaired) electrons. The van der Waals surface area contributed by atoms with Crippen LogP contribution in [0.3, 0.4) is 0 Å². The summed E-state index contributed by atoms with van der Waals surface area (Å²) in [6, 6.07) is 11.2. The number of benzene rings is 2. The normalized spacial score (nSPS) is 15.4. The van der Waals surface area contributed by atoms with Crippen molar-refractivity contribution in [2.75, 3.05) is 23.4 Å². The van der Waals surface area contributed by atoms with E-state index in [4.69, 9.17) is 4.74 Å². The highest BCUT2D eigenvalue weighted by molar-refractivity contribution is 6.05. The van der Waals surface area contributed by atoms with Crippen molar-refractivity contribution in [3.05, 3.63) is 53.1 Å². The Morgan fingerprint density at radius 2 is 1.85 bits per heavy atom. The molecule has 0 aromatic heterocycles. The average molecular weight is 350 g/mol. The molecular formula is C21H22N2O3. The van der Waals surface area contributed by atoms with Crippen molar-refractivity contribution in [2.45, 2.75) is 32.6 Å². The van der Waals surface area contributed by atoms with Crippen molar-refractivity contribution in [1.82, 2.24) is 0 Å². The summed E-state index contributed by atoms with van der Waals surface area (Å²) in [5.74, 6) is 0.830. The first-order valence-electron chi connectivity index (χ1n) is 9.16. The van der Waals surface area contributed by atoms with E-state index in [1.54, 1.807) is 24.3 Å². The smallest absolute Gasteiger partial charge is 0.255 e. The Kier molecular flexibility index (Phi) is 4.37. The molecule has 1 N–H and O–H groups in total. The minimum atomic E-state index is -0.139. The minimum Gasteiger partial charge on any atom is -0.494 e. The van der Waals surface area contributed by atoms with Gasteiger partial charge in [0.2, 0.25) is 5.91 Å². The second kappa shape index (κ2) is 6.83. The Bertz CT molecular complexity index is 841. The number of nitrogens with one attached hydrogen (secondary N) is 1. The number of anilines is 2. The molecule has 0 saturated heterocycles. The molecule has 2 aromatic rings. The van der Waals surface area contributed by atoms with Gasteiger partial charge in [0.25, 0.3) is 5.91 Å². The molecule has 0 atom stereocenters. The third-order valence-corrected chi connectivity index (χ3v) is 4.96. The molecule has 2 amide bonds. The van der Waals surface area contributed by atoms with Crippen LogP contribution in [0.5, 0.6) is 5.75 Å². The Morgan fingerprint density at radius 1 is 1.12 bits per heavy atom. The molecule has 5 nitrogen and oxygen atoms in total. The van der Waals surface area contributed by atoms with Crippen LogP contribution in [0.15, 0.2) is 36.4 Å². The maximum absolute atomic E-state index is 12.6. The van der Waals surface area contributed by atoms with Gasteiger partial charge < -0.3 is 15.0 Å². The first-order valence-corrected chi connectivity index (χ1v) is 9.16. The molecule has 2 heterocycles. The molecule has 5 heteroatoms. The van der Waals surface area contributed by atoms with Crippen LogP contribution in [0.4, 0.5) is 11.4 Å².